The molecule has 0 aliphatic carbocycles. The summed E-state index contributed by atoms with van der Waals surface area (Å²) in [6, 6.07) is 10.1. The highest BCUT2D eigenvalue weighted by molar-refractivity contribution is 5.86. The van der Waals surface area contributed by atoms with E-state index >= 15 is 0 Å². The van der Waals surface area contributed by atoms with Crippen LogP contribution < -0.4 is 15.4 Å². The van der Waals surface area contributed by atoms with Gasteiger partial charge in [0, 0.05) is 18.4 Å². The zero-order valence-corrected chi connectivity index (χ0v) is 14.9. The fourth-order valence-corrected chi connectivity index (χ4v) is 3.83. The van der Waals surface area contributed by atoms with Gasteiger partial charge in [-0.25, -0.2) is 0 Å². The molecular weight excluding hydrogens is 371 g/mol. The van der Waals surface area contributed by atoms with Gasteiger partial charge in [0.15, 0.2) is 0 Å². The Kier molecular flexibility index (Phi) is 4.63. The summed E-state index contributed by atoms with van der Waals surface area (Å²) in [5, 5.41) is 12.4. The fourth-order valence-electron chi connectivity index (χ4n) is 3.83. The third kappa shape index (κ3) is 3.26. The van der Waals surface area contributed by atoms with Crippen LogP contribution >= 0.6 is 0 Å². The summed E-state index contributed by atoms with van der Waals surface area (Å²) < 4.78 is 46.6. The lowest BCUT2D eigenvalue weighted by Crippen LogP contribution is -3.08. The Labute approximate surface area is 158 Å². The molecule has 0 unspecified atom stereocenters. The second kappa shape index (κ2) is 6.98. The van der Waals surface area contributed by atoms with Crippen LogP contribution in [-0.4, -0.2) is 13.1 Å². The van der Waals surface area contributed by atoms with Crippen LogP contribution in [0.5, 0.6) is 5.75 Å². The minimum Gasteiger partial charge on any atom is -0.872 e. The highest BCUT2D eigenvalue weighted by Gasteiger charge is 2.39. The van der Waals surface area contributed by atoms with Gasteiger partial charge in [0.1, 0.15) is 12.1 Å². The van der Waals surface area contributed by atoms with Crippen LogP contribution in [0.2, 0.25) is 0 Å². The van der Waals surface area contributed by atoms with Gasteiger partial charge in [-0.05, 0) is 11.6 Å². The van der Waals surface area contributed by atoms with E-state index in [0.29, 0.717) is 0 Å². The number of halogens is 3. The van der Waals surface area contributed by atoms with Gasteiger partial charge in [0.05, 0.1) is 24.0 Å². The molecule has 28 heavy (non-hydrogen) atoms. The van der Waals surface area contributed by atoms with Crippen molar-refractivity contribution < 1.29 is 27.6 Å². The molecule has 0 amide bonds. The largest absolute Gasteiger partial charge is 0.872 e. The van der Waals surface area contributed by atoms with Crippen LogP contribution in [0.15, 0.2) is 51.7 Å². The number of benzene rings is 2. The van der Waals surface area contributed by atoms with Crippen LogP contribution in [0.25, 0.3) is 22.1 Å². The van der Waals surface area contributed by atoms with Crippen molar-refractivity contribution in [1.29, 1.82) is 0 Å². The molecular formula is C21H18F3NO3. The molecule has 1 aromatic heterocycles. The van der Waals surface area contributed by atoms with Gasteiger partial charge in [-0.15, -0.1) is 0 Å². The number of fused-ring (bicyclic) bond motifs is 1. The Hall–Kier alpha value is -2.80. The number of hydrogen-bond acceptors (Lipinski definition) is 3. The first-order valence-corrected chi connectivity index (χ1v) is 9.12. The van der Waals surface area contributed by atoms with Gasteiger partial charge in [-0.1, -0.05) is 42.1 Å². The lowest BCUT2D eigenvalue weighted by Gasteiger charge is -2.20. The van der Waals surface area contributed by atoms with E-state index in [1.54, 1.807) is 18.2 Å². The van der Waals surface area contributed by atoms with E-state index < -0.39 is 28.7 Å². The Balaban J connectivity index is 2.01. The fraction of sp³-hybridized carbons (Fsp3) is 0.286. The molecule has 1 aliphatic heterocycles. The molecule has 4 rings (SSSR count). The number of rotatable bonds is 3. The Bertz CT molecular complexity index is 1070. The van der Waals surface area contributed by atoms with Crippen molar-refractivity contribution in [2.24, 2.45) is 0 Å². The van der Waals surface area contributed by atoms with Gasteiger partial charge in [-0.3, -0.25) is 4.79 Å². The number of hydrogen-bond donors (Lipinski definition) is 1. The van der Waals surface area contributed by atoms with Gasteiger partial charge < -0.3 is 14.4 Å². The summed E-state index contributed by atoms with van der Waals surface area (Å²) in [5.41, 5.74) is -1.29. The van der Waals surface area contributed by atoms with Crippen molar-refractivity contribution >= 4 is 11.0 Å². The van der Waals surface area contributed by atoms with Crippen LogP contribution in [-0.2, 0) is 12.7 Å². The second-order valence-corrected chi connectivity index (χ2v) is 7.05. The summed E-state index contributed by atoms with van der Waals surface area (Å²) in [4.78, 5) is 14.1. The summed E-state index contributed by atoms with van der Waals surface area (Å²) in [5.74, 6) is -1.77. The molecule has 1 N–H and O–H groups in total. The van der Waals surface area contributed by atoms with Gasteiger partial charge in [-0.2, -0.15) is 13.2 Å². The Morgan fingerprint density at radius 1 is 1.04 bits per heavy atom. The minimum atomic E-state index is -4.87. The van der Waals surface area contributed by atoms with E-state index in [2.05, 4.69) is 0 Å². The van der Waals surface area contributed by atoms with Crippen molar-refractivity contribution in [2.45, 2.75) is 25.6 Å². The lowest BCUT2D eigenvalue weighted by atomic mass is 10.00. The molecule has 0 atom stereocenters. The molecule has 0 spiro atoms. The van der Waals surface area contributed by atoms with Gasteiger partial charge in [0.25, 0.3) is 0 Å². The van der Waals surface area contributed by atoms with E-state index in [-0.39, 0.29) is 28.6 Å². The molecule has 7 heteroatoms. The van der Waals surface area contributed by atoms with E-state index in [9.17, 15) is 23.1 Å². The highest BCUT2D eigenvalue weighted by atomic mass is 19.4. The SMILES string of the molecule is O=c1c(-c2ccccc2)c(C(F)(F)F)oc2c(C[NH+]3CCCC3)c([O-])ccc12. The normalized spacial score (nSPS) is 15.4. The molecule has 0 saturated carbocycles. The first-order valence-electron chi connectivity index (χ1n) is 9.12. The maximum Gasteiger partial charge on any atom is 0.450 e. The Morgan fingerprint density at radius 2 is 1.71 bits per heavy atom. The zero-order valence-electron chi connectivity index (χ0n) is 14.9. The zero-order chi connectivity index (χ0) is 19.9. The maximum atomic E-state index is 13.8. The highest BCUT2D eigenvalue weighted by Crippen LogP contribution is 2.38. The number of alkyl halides is 3. The van der Waals surface area contributed by atoms with Crippen molar-refractivity contribution in [3.63, 3.8) is 0 Å². The maximum absolute atomic E-state index is 13.8. The third-order valence-electron chi connectivity index (χ3n) is 5.18. The predicted molar refractivity (Wildman–Crippen MR) is 96.0 cm³/mol. The van der Waals surface area contributed by atoms with E-state index in [1.807, 2.05) is 0 Å². The number of likely N-dealkylation sites (tertiary alicyclic amines) is 1. The van der Waals surface area contributed by atoms with E-state index in [4.69, 9.17) is 4.42 Å². The monoisotopic (exact) mass is 389 g/mol. The minimum absolute atomic E-state index is 0.0000463. The van der Waals surface area contributed by atoms with Crippen LogP contribution in [0.3, 0.4) is 0 Å². The first-order chi connectivity index (χ1) is 13.4. The topological polar surface area (TPSA) is 57.7 Å². The number of nitrogens with one attached hydrogen (secondary N) is 1. The van der Waals surface area contributed by atoms with Crippen LogP contribution in [0.4, 0.5) is 13.2 Å². The van der Waals surface area contributed by atoms with Crippen molar-refractivity contribution in [1.82, 2.24) is 0 Å². The van der Waals surface area contributed by atoms with Gasteiger partial charge in [0.2, 0.25) is 11.2 Å². The average Bonchev–Trinajstić information content (AvgIpc) is 3.17. The smallest absolute Gasteiger partial charge is 0.450 e. The molecule has 0 radical (unpaired) electrons. The van der Waals surface area contributed by atoms with Crippen molar-refractivity contribution in [2.75, 3.05) is 13.1 Å². The summed E-state index contributed by atoms with van der Waals surface area (Å²) in [7, 11) is 0. The molecule has 2 heterocycles. The molecule has 3 aromatic rings. The number of quaternary nitrogens is 1. The third-order valence-corrected chi connectivity index (χ3v) is 5.18. The van der Waals surface area contributed by atoms with Crippen molar-refractivity contribution in [3.05, 3.63) is 64.0 Å². The average molecular weight is 389 g/mol. The van der Waals surface area contributed by atoms with E-state index in [1.165, 1.54) is 24.3 Å². The standard InChI is InChI=1S/C21H18F3NO3/c22-21(23,24)20-17(13-6-2-1-3-7-13)18(27)14-8-9-16(26)15(19(14)28-20)12-25-10-4-5-11-25/h1-3,6-9,26H,4-5,10-12H2. The first kappa shape index (κ1) is 18.6. The molecule has 1 saturated heterocycles. The van der Waals surface area contributed by atoms with Crippen molar-refractivity contribution in [3.8, 4) is 16.9 Å². The Morgan fingerprint density at radius 3 is 2.36 bits per heavy atom. The molecule has 1 fully saturated rings. The molecule has 4 nitrogen and oxygen atoms in total. The van der Waals surface area contributed by atoms with Crippen LogP contribution in [0, 0.1) is 0 Å². The summed E-state index contributed by atoms with van der Waals surface area (Å²) in [6.07, 6.45) is -2.86. The predicted octanol–water partition coefficient (Wildman–Crippen LogP) is 2.73. The summed E-state index contributed by atoms with van der Waals surface area (Å²) >= 11 is 0. The molecule has 146 valence electrons. The molecule has 2 aromatic carbocycles. The molecule has 0 bridgehead atoms. The lowest BCUT2D eigenvalue weighted by molar-refractivity contribution is -0.901. The second-order valence-electron chi connectivity index (χ2n) is 7.05. The molecule has 1 aliphatic rings. The van der Waals surface area contributed by atoms with E-state index in [0.717, 1.165) is 30.8 Å². The van der Waals surface area contributed by atoms with Crippen LogP contribution in [0.1, 0.15) is 24.2 Å². The quantitative estimate of drug-likeness (QED) is 0.750. The van der Waals surface area contributed by atoms with Gasteiger partial charge >= 0.3 is 6.18 Å². The summed E-state index contributed by atoms with van der Waals surface area (Å²) in [6.45, 7) is 1.93.